The third kappa shape index (κ3) is 4.66. The van der Waals surface area contributed by atoms with Crippen LogP contribution in [-0.2, 0) is 17.1 Å². The Morgan fingerprint density at radius 3 is 2.78 bits per heavy atom. The first-order chi connectivity index (χ1) is 15.4. The van der Waals surface area contributed by atoms with E-state index in [4.69, 9.17) is 9.68 Å². The van der Waals surface area contributed by atoms with Crippen molar-refractivity contribution >= 4 is 50.9 Å². The van der Waals surface area contributed by atoms with Crippen LogP contribution in [0.4, 0.5) is 10.8 Å². The number of nitrogens with one attached hydrogen (secondary N) is 1. The number of nitro groups is 1. The monoisotopic (exact) mass is 468 g/mol. The number of anilines is 1. The molecule has 160 valence electrons. The van der Waals surface area contributed by atoms with Crippen LogP contribution in [0.25, 0.3) is 11.1 Å². The molecule has 32 heavy (non-hydrogen) atoms. The maximum Gasteiger partial charge on any atom is 0.420 e. The second kappa shape index (κ2) is 9.00. The molecule has 0 radical (unpaired) electrons. The van der Waals surface area contributed by atoms with Gasteiger partial charge in [-0.25, -0.2) is 4.79 Å². The number of non-ortho nitro benzene ring substituents is 1. The van der Waals surface area contributed by atoms with Gasteiger partial charge in [-0.05, 0) is 23.8 Å². The molecule has 0 aliphatic carbocycles. The minimum atomic E-state index is -0.799. The molecule has 1 N–H and O–H groups in total. The average molecular weight is 468 g/mol. The molecule has 2 heterocycles. The quantitative estimate of drug-likeness (QED) is 0.186. The highest BCUT2D eigenvalue weighted by Crippen LogP contribution is 2.28. The first-order valence-electron chi connectivity index (χ1n) is 8.96. The first-order valence-corrected chi connectivity index (χ1v) is 10.8. The normalized spacial score (nSPS) is 10.7. The number of benzene rings is 2. The standard InChI is InChI=1S/C19H12N6O5S2/c20-8-11-1-3-12(4-2-11)10-31-18-23-22-17(32-18)21-16(26)9-24-14-6-5-13(25(28)29)7-15(14)30-19(24)27/h1-7H,9-10H2,(H,21,22,26). The molecule has 0 fully saturated rings. The Kier molecular flexibility index (Phi) is 5.97. The van der Waals surface area contributed by atoms with Crippen molar-refractivity contribution in [1.82, 2.24) is 14.8 Å². The summed E-state index contributed by atoms with van der Waals surface area (Å²) in [5.41, 5.74) is 1.67. The van der Waals surface area contributed by atoms with Crippen LogP contribution in [0, 0.1) is 21.4 Å². The van der Waals surface area contributed by atoms with Crippen LogP contribution in [0.15, 0.2) is 56.0 Å². The Morgan fingerprint density at radius 2 is 2.06 bits per heavy atom. The van der Waals surface area contributed by atoms with Crippen molar-refractivity contribution in [2.45, 2.75) is 16.6 Å². The number of thioether (sulfide) groups is 1. The number of nitro benzene ring substituents is 1. The third-order valence-corrected chi connectivity index (χ3v) is 6.31. The topological polar surface area (TPSA) is 157 Å². The number of amides is 1. The van der Waals surface area contributed by atoms with Gasteiger partial charge in [0.15, 0.2) is 9.92 Å². The van der Waals surface area contributed by atoms with E-state index in [1.54, 1.807) is 12.1 Å². The number of carbonyl (C=O) groups is 1. The van der Waals surface area contributed by atoms with Crippen LogP contribution in [0.1, 0.15) is 11.1 Å². The average Bonchev–Trinajstić information content (AvgIpc) is 3.35. The molecule has 1 amide bonds. The fraction of sp³-hybridized carbons (Fsp3) is 0.105. The van der Waals surface area contributed by atoms with E-state index >= 15 is 0 Å². The predicted molar refractivity (Wildman–Crippen MR) is 116 cm³/mol. The van der Waals surface area contributed by atoms with Crippen LogP contribution in [0.2, 0.25) is 0 Å². The molecule has 0 saturated heterocycles. The number of oxazole rings is 1. The molecule has 0 aliphatic rings. The molecule has 4 aromatic rings. The number of aromatic nitrogens is 3. The van der Waals surface area contributed by atoms with Crippen LogP contribution in [-0.4, -0.2) is 25.6 Å². The molecule has 0 saturated carbocycles. The summed E-state index contributed by atoms with van der Waals surface area (Å²) >= 11 is 2.62. The van der Waals surface area contributed by atoms with Gasteiger partial charge in [0.2, 0.25) is 11.0 Å². The van der Waals surface area contributed by atoms with Crippen molar-refractivity contribution in [2.75, 3.05) is 5.32 Å². The Balaban J connectivity index is 1.39. The van der Waals surface area contributed by atoms with E-state index in [2.05, 4.69) is 21.6 Å². The van der Waals surface area contributed by atoms with Crippen LogP contribution in [0.3, 0.4) is 0 Å². The SMILES string of the molecule is N#Cc1ccc(CSc2nnc(NC(=O)Cn3c(=O)oc4cc([N+](=O)[O-])ccc43)s2)cc1. The minimum Gasteiger partial charge on any atom is -0.407 e. The molecule has 4 rings (SSSR count). The molecule has 2 aromatic heterocycles. The highest BCUT2D eigenvalue weighted by Gasteiger charge is 2.17. The summed E-state index contributed by atoms with van der Waals surface area (Å²) in [6.07, 6.45) is 0. The number of fused-ring (bicyclic) bond motifs is 1. The summed E-state index contributed by atoms with van der Waals surface area (Å²) in [6, 6.07) is 13.0. The zero-order valence-electron chi connectivity index (χ0n) is 16.0. The molecule has 0 unspecified atom stereocenters. The number of nitriles is 1. The molecular formula is C19H12N6O5S2. The Morgan fingerprint density at radius 1 is 1.28 bits per heavy atom. The minimum absolute atomic E-state index is 0.0226. The van der Waals surface area contributed by atoms with Crippen LogP contribution < -0.4 is 11.1 Å². The smallest absolute Gasteiger partial charge is 0.407 e. The number of hydrogen-bond donors (Lipinski definition) is 1. The van der Waals surface area contributed by atoms with E-state index in [0.29, 0.717) is 15.7 Å². The van der Waals surface area contributed by atoms with Crippen LogP contribution in [0.5, 0.6) is 0 Å². The lowest BCUT2D eigenvalue weighted by atomic mass is 10.2. The fourth-order valence-electron chi connectivity index (χ4n) is 2.76. The summed E-state index contributed by atoms with van der Waals surface area (Å²) in [5.74, 6) is -0.698. The zero-order chi connectivity index (χ0) is 22.7. The van der Waals surface area contributed by atoms with Gasteiger partial charge in [-0.3, -0.25) is 24.8 Å². The van der Waals surface area contributed by atoms with Gasteiger partial charge < -0.3 is 4.42 Å². The summed E-state index contributed by atoms with van der Waals surface area (Å²) in [5, 5.41) is 30.5. The third-order valence-electron chi connectivity index (χ3n) is 4.26. The van der Waals surface area contributed by atoms with Crippen LogP contribution >= 0.6 is 23.1 Å². The molecule has 2 aromatic carbocycles. The Hall–Kier alpha value is -4.02. The maximum atomic E-state index is 12.4. The summed E-state index contributed by atoms with van der Waals surface area (Å²) < 4.78 is 6.73. The molecule has 11 nitrogen and oxygen atoms in total. The Labute approximate surface area is 187 Å². The van der Waals surface area contributed by atoms with Crippen molar-refractivity contribution in [2.24, 2.45) is 0 Å². The molecule has 0 aliphatic heterocycles. The first kappa shape index (κ1) is 21.2. The lowest BCUT2D eigenvalue weighted by molar-refractivity contribution is -0.384. The second-order valence-electron chi connectivity index (χ2n) is 6.38. The van der Waals surface area contributed by atoms with Crippen molar-refractivity contribution < 1.29 is 14.1 Å². The van der Waals surface area contributed by atoms with Crippen molar-refractivity contribution in [3.63, 3.8) is 0 Å². The lowest BCUT2D eigenvalue weighted by Crippen LogP contribution is -2.24. The molecular weight excluding hydrogens is 456 g/mol. The predicted octanol–water partition coefficient (Wildman–Crippen LogP) is 3.16. The van der Waals surface area contributed by atoms with Crippen molar-refractivity contribution in [1.29, 1.82) is 5.26 Å². The second-order valence-corrected chi connectivity index (χ2v) is 8.58. The van der Waals surface area contributed by atoms with E-state index < -0.39 is 16.6 Å². The van der Waals surface area contributed by atoms with Crippen molar-refractivity contribution in [3.05, 3.63) is 74.3 Å². The van der Waals surface area contributed by atoms with Gasteiger partial charge in [-0.1, -0.05) is 35.2 Å². The number of nitrogens with zero attached hydrogens (tertiary/aromatic N) is 5. The maximum absolute atomic E-state index is 12.4. The number of rotatable bonds is 7. The highest BCUT2D eigenvalue weighted by molar-refractivity contribution is 8.00. The van der Waals surface area contributed by atoms with Gasteiger partial charge in [0.25, 0.3) is 5.69 Å². The summed E-state index contributed by atoms with van der Waals surface area (Å²) in [6.45, 7) is -0.350. The fourth-order valence-corrected chi connectivity index (χ4v) is 4.48. The number of carbonyl (C=O) groups excluding carboxylic acids is 1. The highest BCUT2D eigenvalue weighted by atomic mass is 32.2. The van der Waals surface area contributed by atoms with Gasteiger partial charge in [0, 0.05) is 11.8 Å². The van der Waals surface area contributed by atoms with E-state index in [-0.39, 0.29) is 28.5 Å². The van der Waals surface area contributed by atoms with Gasteiger partial charge >= 0.3 is 5.76 Å². The van der Waals surface area contributed by atoms with E-state index in [1.807, 2.05) is 12.1 Å². The van der Waals surface area contributed by atoms with E-state index in [9.17, 15) is 19.7 Å². The molecule has 13 heteroatoms. The van der Waals surface area contributed by atoms with E-state index in [0.717, 1.165) is 16.2 Å². The van der Waals surface area contributed by atoms with Gasteiger partial charge in [0.05, 0.1) is 28.1 Å². The van der Waals surface area contributed by atoms with E-state index in [1.165, 1.54) is 35.2 Å². The summed E-state index contributed by atoms with van der Waals surface area (Å²) in [7, 11) is 0. The largest absolute Gasteiger partial charge is 0.420 e. The molecule has 0 atom stereocenters. The zero-order valence-corrected chi connectivity index (χ0v) is 17.7. The molecule has 0 bridgehead atoms. The van der Waals surface area contributed by atoms with Gasteiger partial charge in [-0.2, -0.15) is 5.26 Å². The Bertz CT molecular complexity index is 1420. The molecule has 0 spiro atoms. The van der Waals surface area contributed by atoms with Crippen molar-refractivity contribution in [3.8, 4) is 6.07 Å². The van der Waals surface area contributed by atoms with Gasteiger partial charge in [0.1, 0.15) is 6.54 Å². The summed E-state index contributed by atoms with van der Waals surface area (Å²) in [4.78, 5) is 34.7. The van der Waals surface area contributed by atoms with Gasteiger partial charge in [-0.15, -0.1) is 10.2 Å². The lowest BCUT2D eigenvalue weighted by Gasteiger charge is -2.02. The number of hydrogen-bond acceptors (Lipinski definition) is 10.